The molecule has 0 aliphatic rings. The highest BCUT2D eigenvalue weighted by Crippen LogP contribution is 2.26. The van der Waals surface area contributed by atoms with Crippen LogP contribution in [0.4, 0.5) is 5.69 Å². The van der Waals surface area contributed by atoms with Crippen LogP contribution in [0.2, 0.25) is 0 Å². The van der Waals surface area contributed by atoms with Gasteiger partial charge >= 0.3 is 0 Å². The minimum Gasteiger partial charge on any atom is -0.390 e. The van der Waals surface area contributed by atoms with Crippen molar-refractivity contribution in [2.75, 3.05) is 51.2 Å². The first-order valence-electron chi connectivity index (χ1n) is 18.0. The first-order valence-corrected chi connectivity index (χ1v) is 18.0. The van der Waals surface area contributed by atoms with E-state index in [9.17, 15) is 9.90 Å². The van der Waals surface area contributed by atoms with E-state index in [0.29, 0.717) is 11.8 Å². The van der Waals surface area contributed by atoms with Crippen molar-refractivity contribution < 1.29 is 9.90 Å². The molecule has 5 heteroatoms. The van der Waals surface area contributed by atoms with Crippen LogP contribution in [0.1, 0.15) is 137 Å². The molecule has 2 unspecified atom stereocenters. The average Bonchev–Trinajstić information content (AvgIpc) is 2.99. The summed E-state index contributed by atoms with van der Waals surface area (Å²) >= 11 is 0. The largest absolute Gasteiger partial charge is 0.390 e. The number of carbonyl (C=O) groups excluding carboxylic acids is 1. The van der Waals surface area contributed by atoms with Crippen molar-refractivity contribution >= 4 is 12.0 Å². The Morgan fingerprint density at radius 3 is 2.16 bits per heavy atom. The molecular formula is C40H75N3O2. The molecule has 0 aliphatic heterocycles. The Kier molecular flexibility index (Phi) is 28.4. The molecule has 2 N–H and O–H groups in total. The molecule has 0 radical (unpaired) electrons. The molecule has 1 aromatic rings. The summed E-state index contributed by atoms with van der Waals surface area (Å²) in [6.45, 7) is 31.2. The van der Waals surface area contributed by atoms with Crippen LogP contribution in [0.3, 0.4) is 0 Å². The Balaban J connectivity index is 0. The number of hydrogen-bond acceptors (Lipinski definition) is 5. The van der Waals surface area contributed by atoms with Crippen LogP contribution in [-0.2, 0) is 6.42 Å². The lowest BCUT2D eigenvalue weighted by molar-refractivity contribution is 0.0511. The Morgan fingerprint density at radius 1 is 1.04 bits per heavy atom. The molecule has 0 aliphatic carbocycles. The minimum atomic E-state index is -0.517. The highest BCUT2D eigenvalue weighted by atomic mass is 16.3. The Hall–Kier alpha value is -1.95. The first kappa shape index (κ1) is 45.2. The number of aldehydes is 1. The Bertz CT molecular complexity index is 878. The van der Waals surface area contributed by atoms with Crippen LogP contribution in [0, 0.1) is 11.8 Å². The molecule has 0 saturated heterocycles. The third-order valence-corrected chi connectivity index (χ3v) is 8.03. The lowest BCUT2D eigenvalue weighted by Crippen LogP contribution is -2.36. The molecule has 1 rings (SSSR count). The lowest BCUT2D eigenvalue weighted by atomic mass is 9.90. The fourth-order valence-electron chi connectivity index (χ4n) is 5.23. The Morgan fingerprint density at radius 2 is 1.71 bits per heavy atom. The summed E-state index contributed by atoms with van der Waals surface area (Å²) in [4.78, 5) is 16.3. The SMILES string of the molecule is C=CCCN(CCN(CC)CC=C(C)C)c1cc(C=O)ccc1CC(C)CC.CCCC(CNC)CC(C)(C)O.CCCCC. The summed E-state index contributed by atoms with van der Waals surface area (Å²) in [5.74, 6) is 1.24. The van der Waals surface area contributed by atoms with Crippen LogP contribution in [-0.4, -0.2) is 68.2 Å². The molecule has 45 heavy (non-hydrogen) atoms. The number of nitrogens with zero attached hydrogens (tertiary/aromatic N) is 2. The zero-order valence-corrected chi connectivity index (χ0v) is 31.7. The van der Waals surface area contributed by atoms with E-state index in [4.69, 9.17) is 0 Å². The predicted molar refractivity (Wildman–Crippen MR) is 202 cm³/mol. The smallest absolute Gasteiger partial charge is 0.150 e. The highest BCUT2D eigenvalue weighted by molar-refractivity contribution is 5.78. The van der Waals surface area contributed by atoms with Crippen LogP contribution in [0.5, 0.6) is 0 Å². The summed E-state index contributed by atoms with van der Waals surface area (Å²) in [5, 5.41) is 12.8. The molecule has 0 saturated carbocycles. The second kappa shape index (κ2) is 28.3. The maximum atomic E-state index is 11.4. The molecule has 0 amide bonds. The van der Waals surface area contributed by atoms with Crippen molar-refractivity contribution in [1.82, 2.24) is 10.2 Å². The van der Waals surface area contributed by atoms with Gasteiger partial charge in [-0.2, -0.15) is 0 Å². The van der Waals surface area contributed by atoms with Gasteiger partial charge in [0.05, 0.1) is 5.60 Å². The van der Waals surface area contributed by atoms with Crippen LogP contribution in [0.15, 0.2) is 42.5 Å². The van der Waals surface area contributed by atoms with E-state index in [1.165, 1.54) is 48.9 Å². The summed E-state index contributed by atoms with van der Waals surface area (Å²) in [5.41, 5.74) is 4.15. The van der Waals surface area contributed by atoms with Gasteiger partial charge in [-0.1, -0.05) is 104 Å². The van der Waals surface area contributed by atoms with E-state index >= 15 is 0 Å². The number of nitrogens with one attached hydrogen (secondary N) is 1. The van der Waals surface area contributed by atoms with E-state index in [0.717, 1.165) is 76.8 Å². The number of unbranched alkanes of at least 4 members (excludes halogenated alkanes) is 2. The third kappa shape index (κ3) is 24.9. The van der Waals surface area contributed by atoms with Crippen molar-refractivity contribution in [3.63, 3.8) is 0 Å². The number of allylic oxidation sites excluding steroid dienone is 1. The van der Waals surface area contributed by atoms with Crippen LogP contribution >= 0.6 is 0 Å². The second-order valence-electron chi connectivity index (χ2n) is 13.5. The fourth-order valence-corrected chi connectivity index (χ4v) is 5.23. The normalized spacial score (nSPS) is 12.3. The highest BCUT2D eigenvalue weighted by Gasteiger charge is 2.19. The molecule has 0 bridgehead atoms. The first-order chi connectivity index (χ1) is 21.3. The minimum absolute atomic E-state index is 0.517. The second-order valence-corrected chi connectivity index (χ2v) is 13.5. The Labute approximate surface area is 280 Å². The number of anilines is 1. The van der Waals surface area contributed by atoms with Crippen LogP contribution in [0.25, 0.3) is 0 Å². The molecule has 0 aromatic heterocycles. The van der Waals surface area contributed by atoms with E-state index in [1.54, 1.807) is 0 Å². The fraction of sp³-hybridized carbons (Fsp3) is 0.725. The standard InChI is InChI=1S/C25H40N2O.C10H23NO.C5H12/c1-7-10-14-27(17-16-26(9-3)15-13-21(4)5)25-19-23(20-28)11-12-24(25)18-22(6)8-2;1-5-6-9(8-11-4)7-10(2,3)12;1-3-5-4-2/h7,11-13,19-20,22H,1,8-10,14-18H2,2-6H3;9,11-12H,5-8H2,1-4H3;3-5H2,1-2H3. The topological polar surface area (TPSA) is 55.8 Å². The number of likely N-dealkylation sites (N-methyl/N-ethyl adjacent to an activating group) is 1. The van der Waals surface area contributed by atoms with Crippen molar-refractivity contribution in [3.8, 4) is 0 Å². The van der Waals surface area contributed by atoms with Gasteiger partial charge in [0.1, 0.15) is 6.29 Å². The molecule has 0 heterocycles. The summed E-state index contributed by atoms with van der Waals surface area (Å²) < 4.78 is 0. The van der Waals surface area contributed by atoms with Gasteiger partial charge in [-0.25, -0.2) is 0 Å². The number of aliphatic hydroxyl groups is 1. The van der Waals surface area contributed by atoms with Gasteiger partial charge in [0.15, 0.2) is 0 Å². The summed E-state index contributed by atoms with van der Waals surface area (Å²) in [6, 6.07) is 6.17. The van der Waals surface area contributed by atoms with Crippen molar-refractivity contribution in [1.29, 1.82) is 0 Å². The van der Waals surface area contributed by atoms with Gasteiger partial charge < -0.3 is 15.3 Å². The zero-order chi connectivity index (χ0) is 34.7. The molecule has 1 aromatic carbocycles. The van der Waals surface area contributed by atoms with Crippen molar-refractivity contribution in [3.05, 3.63) is 53.6 Å². The predicted octanol–water partition coefficient (Wildman–Crippen LogP) is 9.74. The van der Waals surface area contributed by atoms with Gasteiger partial charge in [0, 0.05) is 37.4 Å². The maximum Gasteiger partial charge on any atom is 0.150 e. The zero-order valence-electron chi connectivity index (χ0n) is 31.7. The molecule has 0 fully saturated rings. The average molecular weight is 630 g/mol. The summed E-state index contributed by atoms with van der Waals surface area (Å²) in [7, 11) is 1.97. The number of carbonyl (C=O) groups is 1. The third-order valence-electron chi connectivity index (χ3n) is 8.03. The monoisotopic (exact) mass is 630 g/mol. The molecule has 0 spiro atoms. The molecule has 262 valence electrons. The van der Waals surface area contributed by atoms with E-state index in [1.807, 2.05) is 33.0 Å². The number of hydrogen-bond donors (Lipinski definition) is 2. The van der Waals surface area contributed by atoms with Gasteiger partial charge in [-0.3, -0.25) is 9.69 Å². The van der Waals surface area contributed by atoms with Crippen molar-refractivity contribution in [2.24, 2.45) is 11.8 Å². The van der Waals surface area contributed by atoms with E-state index in [2.05, 4.69) is 95.3 Å². The lowest BCUT2D eigenvalue weighted by Gasteiger charge is -2.30. The number of benzene rings is 1. The molecular weight excluding hydrogens is 554 g/mol. The molecule has 2 atom stereocenters. The van der Waals surface area contributed by atoms with E-state index in [-0.39, 0.29) is 0 Å². The van der Waals surface area contributed by atoms with Gasteiger partial charge in [-0.05, 0) is 97.0 Å². The quantitative estimate of drug-likeness (QED) is 0.0988. The molecule has 5 nitrogen and oxygen atoms in total. The van der Waals surface area contributed by atoms with Crippen LogP contribution < -0.4 is 10.2 Å². The summed E-state index contributed by atoms with van der Waals surface area (Å²) in [6.07, 6.45) is 15.7. The van der Waals surface area contributed by atoms with Gasteiger partial charge in [0.2, 0.25) is 0 Å². The number of rotatable bonds is 22. The van der Waals surface area contributed by atoms with E-state index < -0.39 is 5.60 Å². The van der Waals surface area contributed by atoms with Gasteiger partial charge in [-0.15, -0.1) is 6.58 Å². The van der Waals surface area contributed by atoms with Gasteiger partial charge in [0.25, 0.3) is 0 Å². The van der Waals surface area contributed by atoms with Crippen molar-refractivity contribution in [2.45, 2.75) is 133 Å². The maximum absolute atomic E-state index is 11.4.